The van der Waals surface area contributed by atoms with E-state index in [9.17, 15) is 4.79 Å². The maximum atomic E-state index is 11.9. The molecule has 1 aliphatic rings. The zero-order valence-electron chi connectivity index (χ0n) is 11.7. The van der Waals surface area contributed by atoms with Crippen molar-refractivity contribution >= 4 is 17.3 Å². The Morgan fingerprint density at radius 1 is 1.47 bits per heavy atom. The third-order valence-electron chi connectivity index (χ3n) is 3.83. The monoisotopic (exact) mass is 262 g/mol. The number of nitrogen functional groups attached to an aromatic ring is 1. The molecular formula is C15H22N2O2. The summed E-state index contributed by atoms with van der Waals surface area (Å²) in [4.78, 5) is 14.2. The molecule has 2 rings (SSSR count). The number of nitrogens with zero attached hydrogens (tertiary/aromatic N) is 1. The van der Waals surface area contributed by atoms with E-state index in [1.165, 1.54) is 26.4 Å². The molecule has 0 aliphatic carbocycles. The molecule has 0 radical (unpaired) electrons. The van der Waals surface area contributed by atoms with Crippen LogP contribution in [0.25, 0.3) is 0 Å². The average Bonchev–Trinajstić information content (AvgIpc) is 2.46. The predicted molar refractivity (Wildman–Crippen MR) is 77.5 cm³/mol. The molecule has 2 N–H and O–H groups in total. The number of carbonyl (C=O) groups is 1. The highest BCUT2D eigenvalue weighted by atomic mass is 16.5. The first-order valence-electron chi connectivity index (χ1n) is 6.91. The van der Waals surface area contributed by atoms with Crippen LogP contribution in [0.5, 0.6) is 0 Å². The Labute approximate surface area is 114 Å². The van der Waals surface area contributed by atoms with Crippen LogP contribution in [-0.2, 0) is 4.74 Å². The lowest BCUT2D eigenvalue weighted by atomic mass is 9.97. The van der Waals surface area contributed by atoms with E-state index >= 15 is 0 Å². The van der Waals surface area contributed by atoms with E-state index < -0.39 is 0 Å². The molecule has 1 aromatic rings. The lowest BCUT2D eigenvalue weighted by Crippen LogP contribution is -2.40. The zero-order chi connectivity index (χ0) is 13.8. The normalized spacial score (nSPS) is 19.3. The van der Waals surface area contributed by atoms with Gasteiger partial charge in [-0.15, -0.1) is 0 Å². The molecule has 1 aromatic carbocycles. The lowest BCUT2D eigenvalue weighted by molar-refractivity contribution is 0.0601. The van der Waals surface area contributed by atoms with Crippen molar-refractivity contribution in [2.45, 2.75) is 38.6 Å². The molecule has 0 amide bonds. The average molecular weight is 262 g/mol. The second-order valence-electron chi connectivity index (χ2n) is 5.02. The van der Waals surface area contributed by atoms with Crippen molar-refractivity contribution in [2.24, 2.45) is 0 Å². The maximum Gasteiger partial charge on any atom is 0.340 e. The van der Waals surface area contributed by atoms with Gasteiger partial charge in [0.2, 0.25) is 0 Å². The van der Waals surface area contributed by atoms with Gasteiger partial charge in [0.1, 0.15) is 0 Å². The number of esters is 1. The number of hydrogen-bond donors (Lipinski definition) is 1. The highest BCUT2D eigenvalue weighted by Gasteiger charge is 2.25. The van der Waals surface area contributed by atoms with Crippen LogP contribution in [0, 0.1) is 0 Å². The van der Waals surface area contributed by atoms with Crippen molar-refractivity contribution in [3.8, 4) is 0 Å². The Kier molecular flexibility index (Phi) is 4.30. The Bertz CT molecular complexity index is 459. The van der Waals surface area contributed by atoms with Gasteiger partial charge in [-0.1, -0.05) is 6.92 Å². The maximum absolute atomic E-state index is 11.9. The Morgan fingerprint density at radius 2 is 2.26 bits per heavy atom. The molecule has 4 heteroatoms. The number of benzene rings is 1. The van der Waals surface area contributed by atoms with Crippen LogP contribution < -0.4 is 10.6 Å². The SMILES string of the molecule is CCC1CCCCN1c1ccc(N)cc1C(=O)OC. The molecule has 1 aliphatic heterocycles. The van der Waals surface area contributed by atoms with E-state index in [1.54, 1.807) is 6.07 Å². The number of methoxy groups -OCH3 is 1. The first-order chi connectivity index (χ1) is 9.17. The molecular weight excluding hydrogens is 240 g/mol. The second-order valence-corrected chi connectivity index (χ2v) is 5.02. The van der Waals surface area contributed by atoms with Crippen LogP contribution in [0.3, 0.4) is 0 Å². The first-order valence-corrected chi connectivity index (χ1v) is 6.91. The molecule has 19 heavy (non-hydrogen) atoms. The van der Waals surface area contributed by atoms with Crippen molar-refractivity contribution in [1.82, 2.24) is 0 Å². The minimum atomic E-state index is -0.317. The Balaban J connectivity index is 2.39. The fourth-order valence-electron chi connectivity index (χ4n) is 2.82. The van der Waals surface area contributed by atoms with Crippen molar-refractivity contribution in [1.29, 1.82) is 0 Å². The molecule has 0 bridgehead atoms. The first kappa shape index (κ1) is 13.7. The molecule has 4 nitrogen and oxygen atoms in total. The van der Waals surface area contributed by atoms with Crippen LogP contribution >= 0.6 is 0 Å². The van der Waals surface area contributed by atoms with Crippen LogP contribution in [0.4, 0.5) is 11.4 Å². The fourth-order valence-corrected chi connectivity index (χ4v) is 2.82. The van der Waals surface area contributed by atoms with Gasteiger partial charge in [-0.3, -0.25) is 0 Å². The zero-order valence-corrected chi connectivity index (χ0v) is 11.7. The lowest BCUT2D eigenvalue weighted by Gasteiger charge is -2.38. The molecule has 104 valence electrons. The molecule has 1 unspecified atom stereocenters. The Hall–Kier alpha value is -1.71. The second kappa shape index (κ2) is 5.95. The van der Waals surface area contributed by atoms with Gasteiger partial charge >= 0.3 is 5.97 Å². The minimum absolute atomic E-state index is 0.317. The third kappa shape index (κ3) is 2.83. The summed E-state index contributed by atoms with van der Waals surface area (Å²) in [6.07, 6.45) is 4.70. The number of carbonyl (C=O) groups excluding carboxylic acids is 1. The molecule has 1 saturated heterocycles. The number of anilines is 2. The minimum Gasteiger partial charge on any atom is -0.465 e. The molecule has 1 atom stereocenters. The number of nitrogens with two attached hydrogens (primary N) is 1. The van der Waals surface area contributed by atoms with Crippen molar-refractivity contribution in [3.05, 3.63) is 23.8 Å². The van der Waals surface area contributed by atoms with E-state index in [4.69, 9.17) is 10.5 Å². The van der Waals surface area contributed by atoms with Crippen molar-refractivity contribution in [3.63, 3.8) is 0 Å². The van der Waals surface area contributed by atoms with Gasteiger partial charge in [0.05, 0.1) is 18.4 Å². The summed E-state index contributed by atoms with van der Waals surface area (Å²) >= 11 is 0. The molecule has 0 saturated carbocycles. The van der Waals surface area contributed by atoms with E-state index in [2.05, 4.69) is 11.8 Å². The standard InChI is InChI=1S/C15H22N2O2/c1-3-12-6-4-5-9-17(12)14-8-7-11(16)10-13(14)15(18)19-2/h7-8,10,12H,3-6,9,16H2,1-2H3. The molecule has 0 aromatic heterocycles. The quantitative estimate of drug-likeness (QED) is 0.672. The van der Waals surface area contributed by atoms with Gasteiger partial charge in [0.25, 0.3) is 0 Å². The molecule has 0 spiro atoms. The summed E-state index contributed by atoms with van der Waals surface area (Å²) in [6.45, 7) is 3.19. The van der Waals surface area contributed by atoms with Gasteiger partial charge in [-0.2, -0.15) is 0 Å². The number of rotatable bonds is 3. The summed E-state index contributed by atoms with van der Waals surface area (Å²) in [5.41, 5.74) is 7.91. The summed E-state index contributed by atoms with van der Waals surface area (Å²) < 4.78 is 4.87. The number of ether oxygens (including phenoxy) is 1. The summed E-state index contributed by atoms with van der Waals surface area (Å²) in [6, 6.07) is 6.00. The number of hydrogen-bond acceptors (Lipinski definition) is 4. The van der Waals surface area contributed by atoms with Gasteiger partial charge < -0.3 is 15.4 Å². The topological polar surface area (TPSA) is 55.6 Å². The van der Waals surface area contributed by atoms with Crippen LogP contribution in [0.1, 0.15) is 43.0 Å². The highest BCUT2D eigenvalue weighted by Crippen LogP contribution is 2.31. The predicted octanol–water partition coefficient (Wildman–Crippen LogP) is 2.82. The van der Waals surface area contributed by atoms with Crippen molar-refractivity contribution < 1.29 is 9.53 Å². The summed E-state index contributed by atoms with van der Waals surface area (Å²) in [7, 11) is 1.41. The van der Waals surface area contributed by atoms with Gasteiger partial charge in [0.15, 0.2) is 0 Å². The molecule has 1 fully saturated rings. The van der Waals surface area contributed by atoms with E-state index in [1.807, 2.05) is 12.1 Å². The van der Waals surface area contributed by atoms with Crippen LogP contribution in [0.15, 0.2) is 18.2 Å². The van der Waals surface area contributed by atoms with Crippen LogP contribution in [0.2, 0.25) is 0 Å². The van der Waals surface area contributed by atoms with Gasteiger partial charge in [-0.25, -0.2) is 4.79 Å². The van der Waals surface area contributed by atoms with Crippen LogP contribution in [-0.4, -0.2) is 25.7 Å². The van der Waals surface area contributed by atoms with Crippen molar-refractivity contribution in [2.75, 3.05) is 24.3 Å². The number of piperidine rings is 1. The highest BCUT2D eigenvalue weighted by molar-refractivity contribution is 5.97. The third-order valence-corrected chi connectivity index (χ3v) is 3.83. The van der Waals surface area contributed by atoms with E-state index in [0.717, 1.165) is 18.7 Å². The fraction of sp³-hybridized carbons (Fsp3) is 0.533. The summed E-state index contributed by atoms with van der Waals surface area (Å²) in [5, 5.41) is 0. The molecule has 1 heterocycles. The summed E-state index contributed by atoms with van der Waals surface area (Å²) in [5.74, 6) is -0.317. The van der Waals surface area contributed by atoms with E-state index in [0.29, 0.717) is 17.3 Å². The van der Waals surface area contributed by atoms with E-state index in [-0.39, 0.29) is 5.97 Å². The Morgan fingerprint density at radius 3 is 2.95 bits per heavy atom. The van der Waals surface area contributed by atoms with Gasteiger partial charge in [-0.05, 0) is 43.9 Å². The largest absolute Gasteiger partial charge is 0.465 e. The van der Waals surface area contributed by atoms with Gasteiger partial charge in [0, 0.05) is 18.3 Å². The smallest absolute Gasteiger partial charge is 0.340 e.